The van der Waals surface area contributed by atoms with Crippen LogP contribution in [0.25, 0.3) is 0 Å². The molecule has 1 aliphatic rings. The van der Waals surface area contributed by atoms with E-state index >= 15 is 0 Å². The molecular formula is C23H25FN4O2. The predicted octanol–water partition coefficient (Wildman–Crippen LogP) is 4.13. The highest BCUT2D eigenvalue weighted by molar-refractivity contribution is 5.43. The highest BCUT2D eigenvalue weighted by atomic mass is 19.1. The fraction of sp³-hybridized carbons (Fsp3) is 0.304. The molecule has 0 aliphatic carbocycles. The molecule has 0 bridgehead atoms. The van der Waals surface area contributed by atoms with Gasteiger partial charge in [0.15, 0.2) is 11.6 Å². The van der Waals surface area contributed by atoms with Crippen LogP contribution in [0.15, 0.2) is 60.9 Å². The second kappa shape index (κ2) is 9.09. The molecule has 2 aromatic carbocycles. The smallest absolute Gasteiger partial charge is 0.224 e. The van der Waals surface area contributed by atoms with E-state index in [0.717, 1.165) is 37.7 Å². The molecule has 0 saturated carbocycles. The largest absolute Gasteiger partial charge is 0.496 e. The summed E-state index contributed by atoms with van der Waals surface area (Å²) in [4.78, 5) is 13.2. The standard InChI is InChI=1S/C23H25FN4O2/c1-17-14-28(12-11-27(17)15-18-7-3-5-9-20(18)29-2)22-13-23(26-16-25-22)30-21-10-6-4-8-19(21)24/h3-10,13,16-17H,11-12,14-15H2,1-2H3. The van der Waals surface area contributed by atoms with Gasteiger partial charge in [-0.2, -0.15) is 0 Å². The summed E-state index contributed by atoms with van der Waals surface area (Å²) >= 11 is 0. The third kappa shape index (κ3) is 4.52. The average Bonchev–Trinajstić information content (AvgIpc) is 2.77. The van der Waals surface area contributed by atoms with Gasteiger partial charge in [-0.3, -0.25) is 4.90 Å². The van der Waals surface area contributed by atoms with Gasteiger partial charge >= 0.3 is 0 Å². The van der Waals surface area contributed by atoms with Crippen LogP contribution in [0.2, 0.25) is 0 Å². The van der Waals surface area contributed by atoms with E-state index in [2.05, 4.69) is 32.8 Å². The Morgan fingerprint density at radius 2 is 1.80 bits per heavy atom. The van der Waals surface area contributed by atoms with E-state index in [0.29, 0.717) is 11.9 Å². The molecular weight excluding hydrogens is 383 g/mol. The summed E-state index contributed by atoms with van der Waals surface area (Å²) in [5.41, 5.74) is 1.18. The molecule has 1 aliphatic heterocycles. The van der Waals surface area contributed by atoms with E-state index < -0.39 is 5.82 Å². The topological polar surface area (TPSA) is 50.7 Å². The fourth-order valence-corrected chi connectivity index (χ4v) is 3.69. The van der Waals surface area contributed by atoms with Crippen molar-refractivity contribution in [3.05, 3.63) is 72.3 Å². The number of halogens is 1. The molecule has 1 fully saturated rings. The third-order valence-corrected chi connectivity index (χ3v) is 5.33. The van der Waals surface area contributed by atoms with Crippen LogP contribution < -0.4 is 14.4 Å². The Labute approximate surface area is 175 Å². The predicted molar refractivity (Wildman–Crippen MR) is 114 cm³/mol. The molecule has 6 nitrogen and oxygen atoms in total. The molecule has 0 spiro atoms. The Balaban J connectivity index is 1.42. The van der Waals surface area contributed by atoms with E-state index in [-0.39, 0.29) is 5.75 Å². The van der Waals surface area contributed by atoms with Gasteiger partial charge in [-0.1, -0.05) is 30.3 Å². The van der Waals surface area contributed by atoms with Crippen molar-refractivity contribution in [2.75, 3.05) is 31.6 Å². The first-order chi connectivity index (χ1) is 14.6. The maximum atomic E-state index is 13.9. The Morgan fingerprint density at radius 3 is 2.57 bits per heavy atom. The number of rotatable bonds is 6. The number of anilines is 1. The van der Waals surface area contributed by atoms with E-state index in [9.17, 15) is 4.39 Å². The minimum absolute atomic E-state index is 0.150. The fourth-order valence-electron chi connectivity index (χ4n) is 3.69. The van der Waals surface area contributed by atoms with Crippen molar-refractivity contribution < 1.29 is 13.9 Å². The number of methoxy groups -OCH3 is 1. The molecule has 4 rings (SSSR count). The van der Waals surface area contributed by atoms with Gasteiger partial charge in [0, 0.05) is 43.9 Å². The van der Waals surface area contributed by atoms with Gasteiger partial charge in [-0.05, 0) is 25.1 Å². The molecule has 1 aromatic heterocycles. The number of ether oxygens (including phenoxy) is 2. The first kappa shape index (κ1) is 20.1. The lowest BCUT2D eigenvalue weighted by Crippen LogP contribution is -2.51. The average molecular weight is 408 g/mol. The van der Waals surface area contributed by atoms with Crippen LogP contribution in [-0.2, 0) is 6.54 Å². The van der Waals surface area contributed by atoms with Crippen molar-refractivity contribution in [1.82, 2.24) is 14.9 Å². The Kier molecular flexibility index (Phi) is 6.09. The molecule has 3 aromatic rings. The molecule has 1 saturated heterocycles. The normalized spacial score (nSPS) is 17.0. The minimum Gasteiger partial charge on any atom is -0.496 e. The monoisotopic (exact) mass is 408 g/mol. The van der Waals surface area contributed by atoms with Gasteiger partial charge in [0.2, 0.25) is 5.88 Å². The van der Waals surface area contributed by atoms with E-state index in [1.165, 1.54) is 18.0 Å². The van der Waals surface area contributed by atoms with Crippen molar-refractivity contribution >= 4 is 5.82 Å². The Hall–Kier alpha value is -3.19. The van der Waals surface area contributed by atoms with Gasteiger partial charge in [-0.25, -0.2) is 14.4 Å². The lowest BCUT2D eigenvalue weighted by molar-refractivity contribution is 0.178. The van der Waals surface area contributed by atoms with E-state index in [1.807, 2.05) is 18.2 Å². The van der Waals surface area contributed by atoms with Gasteiger partial charge in [-0.15, -0.1) is 0 Å². The molecule has 2 heterocycles. The highest BCUT2D eigenvalue weighted by Gasteiger charge is 2.25. The molecule has 0 radical (unpaired) electrons. The molecule has 156 valence electrons. The molecule has 0 N–H and O–H groups in total. The quantitative estimate of drug-likeness (QED) is 0.611. The van der Waals surface area contributed by atoms with Crippen molar-refractivity contribution in [2.45, 2.75) is 19.5 Å². The first-order valence-electron chi connectivity index (χ1n) is 9.99. The van der Waals surface area contributed by atoms with Crippen LogP contribution in [0.3, 0.4) is 0 Å². The van der Waals surface area contributed by atoms with Crippen LogP contribution in [0, 0.1) is 5.82 Å². The van der Waals surface area contributed by atoms with Crippen molar-refractivity contribution in [2.24, 2.45) is 0 Å². The number of para-hydroxylation sites is 2. The van der Waals surface area contributed by atoms with Crippen molar-refractivity contribution in [3.8, 4) is 17.4 Å². The number of hydrogen-bond donors (Lipinski definition) is 0. The molecule has 1 unspecified atom stereocenters. The van der Waals surface area contributed by atoms with E-state index in [4.69, 9.17) is 9.47 Å². The zero-order chi connectivity index (χ0) is 20.9. The van der Waals surface area contributed by atoms with Gasteiger partial charge in [0.25, 0.3) is 0 Å². The van der Waals surface area contributed by atoms with Crippen LogP contribution in [0.5, 0.6) is 17.4 Å². The van der Waals surface area contributed by atoms with Crippen LogP contribution >= 0.6 is 0 Å². The number of hydrogen-bond acceptors (Lipinski definition) is 6. The van der Waals surface area contributed by atoms with Crippen LogP contribution in [0.4, 0.5) is 10.2 Å². The minimum atomic E-state index is -0.420. The summed E-state index contributed by atoms with van der Waals surface area (Å²) in [6.45, 7) is 5.59. The summed E-state index contributed by atoms with van der Waals surface area (Å²) in [7, 11) is 1.70. The lowest BCUT2D eigenvalue weighted by Gasteiger charge is -2.40. The SMILES string of the molecule is COc1ccccc1CN1CCN(c2cc(Oc3ccccc3F)ncn2)CC1C. The summed E-state index contributed by atoms with van der Waals surface area (Å²) in [6, 6.07) is 16.5. The molecule has 7 heteroatoms. The van der Waals surface area contributed by atoms with Gasteiger partial charge in [0.1, 0.15) is 17.9 Å². The highest BCUT2D eigenvalue weighted by Crippen LogP contribution is 2.27. The van der Waals surface area contributed by atoms with Crippen molar-refractivity contribution in [3.63, 3.8) is 0 Å². The summed E-state index contributed by atoms with van der Waals surface area (Å²) in [5.74, 6) is 1.75. The van der Waals surface area contributed by atoms with Gasteiger partial charge in [0.05, 0.1) is 7.11 Å². The summed E-state index contributed by atoms with van der Waals surface area (Å²) in [5, 5.41) is 0. The first-order valence-corrected chi connectivity index (χ1v) is 9.99. The van der Waals surface area contributed by atoms with Crippen LogP contribution in [-0.4, -0.2) is 47.7 Å². The molecule has 0 amide bonds. The number of piperazine rings is 1. The van der Waals surface area contributed by atoms with Crippen LogP contribution in [0.1, 0.15) is 12.5 Å². The lowest BCUT2D eigenvalue weighted by atomic mass is 10.1. The summed E-state index contributed by atoms with van der Waals surface area (Å²) < 4.78 is 25.0. The van der Waals surface area contributed by atoms with E-state index in [1.54, 1.807) is 31.4 Å². The zero-order valence-electron chi connectivity index (χ0n) is 17.2. The Morgan fingerprint density at radius 1 is 1.03 bits per heavy atom. The maximum absolute atomic E-state index is 13.9. The number of nitrogens with zero attached hydrogens (tertiary/aromatic N) is 4. The molecule has 30 heavy (non-hydrogen) atoms. The zero-order valence-corrected chi connectivity index (χ0v) is 17.2. The molecule has 1 atom stereocenters. The second-order valence-electron chi connectivity index (χ2n) is 7.32. The number of aromatic nitrogens is 2. The second-order valence-corrected chi connectivity index (χ2v) is 7.32. The maximum Gasteiger partial charge on any atom is 0.224 e. The number of benzene rings is 2. The van der Waals surface area contributed by atoms with Gasteiger partial charge < -0.3 is 14.4 Å². The summed E-state index contributed by atoms with van der Waals surface area (Å²) in [6.07, 6.45) is 1.46. The Bertz CT molecular complexity index is 1000. The third-order valence-electron chi connectivity index (χ3n) is 5.33. The van der Waals surface area contributed by atoms with Crippen molar-refractivity contribution in [1.29, 1.82) is 0 Å².